The SMILES string of the molecule is O=C1CC(C(=O)NC2CCN(C(=O)c3ccncc3)CC2)c2ccc(F)cc2N1. The first-order valence-corrected chi connectivity index (χ1v) is 9.60. The Morgan fingerprint density at radius 2 is 1.86 bits per heavy atom. The molecule has 3 heterocycles. The maximum absolute atomic E-state index is 13.5. The molecule has 7 nitrogen and oxygen atoms in total. The fraction of sp³-hybridized carbons (Fsp3) is 0.333. The van der Waals surface area contributed by atoms with Crippen molar-refractivity contribution < 1.29 is 18.8 Å². The Labute approximate surface area is 167 Å². The lowest BCUT2D eigenvalue weighted by molar-refractivity contribution is -0.127. The Morgan fingerprint density at radius 3 is 2.59 bits per heavy atom. The molecule has 0 saturated carbocycles. The van der Waals surface area contributed by atoms with Gasteiger partial charge in [-0.15, -0.1) is 0 Å². The molecule has 3 amide bonds. The number of hydrogen-bond donors (Lipinski definition) is 2. The van der Waals surface area contributed by atoms with Crippen molar-refractivity contribution in [3.8, 4) is 0 Å². The van der Waals surface area contributed by atoms with E-state index in [1.54, 1.807) is 35.5 Å². The number of benzene rings is 1. The van der Waals surface area contributed by atoms with Gasteiger partial charge in [0.1, 0.15) is 5.82 Å². The summed E-state index contributed by atoms with van der Waals surface area (Å²) in [5.74, 6) is -1.70. The molecule has 2 aromatic rings. The van der Waals surface area contributed by atoms with Crippen molar-refractivity contribution in [2.45, 2.75) is 31.2 Å². The second-order valence-corrected chi connectivity index (χ2v) is 7.35. The molecular formula is C21H21FN4O3. The van der Waals surface area contributed by atoms with Crippen molar-refractivity contribution in [1.82, 2.24) is 15.2 Å². The van der Waals surface area contributed by atoms with Gasteiger partial charge >= 0.3 is 0 Å². The van der Waals surface area contributed by atoms with Crippen molar-refractivity contribution in [3.05, 3.63) is 59.7 Å². The molecule has 1 unspecified atom stereocenters. The summed E-state index contributed by atoms with van der Waals surface area (Å²) < 4.78 is 13.5. The van der Waals surface area contributed by atoms with Crippen LogP contribution in [0.1, 0.15) is 41.1 Å². The van der Waals surface area contributed by atoms with Gasteiger partial charge in [0.2, 0.25) is 11.8 Å². The lowest BCUT2D eigenvalue weighted by Crippen LogP contribution is -2.48. The van der Waals surface area contributed by atoms with Crippen LogP contribution in [0.3, 0.4) is 0 Å². The van der Waals surface area contributed by atoms with Gasteiger partial charge in [-0.25, -0.2) is 4.39 Å². The fourth-order valence-corrected chi connectivity index (χ4v) is 3.88. The van der Waals surface area contributed by atoms with E-state index in [2.05, 4.69) is 15.6 Å². The van der Waals surface area contributed by atoms with Gasteiger partial charge in [-0.05, 0) is 42.7 Å². The van der Waals surface area contributed by atoms with Crippen LogP contribution in [0.4, 0.5) is 10.1 Å². The Hall–Kier alpha value is -3.29. The Morgan fingerprint density at radius 1 is 1.14 bits per heavy atom. The summed E-state index contributed by atoms with van der Waals surface area (Å²) in [4.78, 5) is 43.0. The molecule has 4 rings (SSSR count). The zero-order valence-corrected chi connectivity index (χ0v) is 15.7. The number of piperidine rings is 1. The molecule has 1 saturated heterocycles. The number of carbonyl (C=O) groups is 3. The first-order chi connectivity index (χ1) is 14.0. The van der Waals surface area contributed by atoms with Gasteiger partial charge in [-0.3, -0.25) is 19.4 Å². The number of aromatic nitrogens is 1. The minimum atomic E-state index is -0.643. The van der Waals surface area contributed by atoms with Crippen LogP contribution in [0.15, 0.2) is 42.7 Å². The second kappa shape index (κ2) is 7.98. The third-order valence-corrected chi connectivity index (χ3v) is 5.43. The molecule has 2 aliphatic rings. The average molecular weight is 396 g/mol. The molecule has 1 aromatic carbocycles. The van der Waals surface area contributed by atoms with E-state index >= 15 is 0 Å². The normalized spacial score (nSPS) is 19.3. The molecule has 1 aromatic heterocycles. The number of nitrogens with one attached hydrogen (secondary N) is 2. The molecule has 1 atom stereocenters. The number of halogens is 1. The first-order valence-electron chi connectivity index (χ1n) is 9.60. The standard InChI is InChI=1S/C21H21FN4O3/c22-14-1-2-16-17(12-19(27)25-18(16)11-14)20(28)24-15-5-9-26(10-6-15)21(29)13-3-7-23-8-4-13/h1-4,7-8,11,15,17H,5-6,9-10,12H2,(H,24,28)(H,25,27). The number of rotatable bonds is 3. The van der Waals surface area contributed by atoms with E-state index in [0.717, 1.165) is 0 Å². The summed E-state index contributed by atoms with van der Waals surface area (Å²) in [7, 11) is 0. The molecule has 150 valence electrons. The summed E-state index contributed by atoms with van der Waals surface area (Å²) in [5, 5.41) is 5.62. The third kappa shape index (κ3) is 4.11. The molecule has 0 radical (unpaired) electrons. The minimum absolute atomic E-state index is 0.0316. The van der Waals surface area contributed by atoms with Gasteiger partial charge in [0.05, 0.1) is 5.92 Å². The van der Waals surface area contributed by atoms with E-state index in [9.17, 15) is 18.8 Å². The molecule has 1 fully saturated rings. The van der Waals surface area contributed by atoms with Crippen LogP contribution in [0.25, 0.3) is 0 Å². The summed E-state index contributed by atoms with van der Waals surface area (Å²) in [6.45, 7) is 1.08. The summed E-state index contributed by atoms with van der Waals surface area (Å²) in [6.07, 6.45) is 4.48. The molecule has 8 heteroatoms. The van der Waals surface area contributed by atoms with Crippen molar-refractivity contribution in [2.24, 2.45) is 0 Å². The van der Waals surface area contributed by atoms with E-state index in [1.807, 2.05) is 0 Å². The zero-order chi connectivity index (χ0) is 20.4. The van der Waals surface area contributed by atoms with Crippen LogP contribution < -0.4 is 10.6 Å². The van der Waals surface area contributed by atoms with E-state index < -0.39 is 11.7 Å². The van der Waals surface area contributed by atoms with E-state index in [4.69, 9.17) is 0 Å². The number of amides is 3. The molecule has 2 N–H and O–H groups in total. The maximum Gasteiger partial charge on any atom is 0.253 e. The van der Waals surface area contributed by atoms with Gasteiger partial charge in [0.15, 0.2) is 0 Å². The van der Waals surface area contributed by atoms with Crippen LogP contribution >= 0.6 is 0 Å². The monoisotopic (exact) mass is 396 g/mol. The summed E-state index contributed by atoms with van der Waals surface area (Å²) >= 11 is 0. The largest absolute Gasteiger partial charge is 0.353 e. The predicted octanol–water partition coefficient (Wildman–Crippen LogP) is 2.07. The average Bonchev–Trinajstić information content (AvgIpc) is 2.73. The number of carbonyl (C=O) groups excluding carboxylic acids is 3. The topological polar surface area (TPSA) is 91.4 Å². The maximum atomic E-state index is 13.5. The van der Waals surface area contributed by atoms with Gasteiger partial charge in [0.25, 0.3) is 5.91 Å². The van der Waals surface area contributed by atoms with Crippen LogP contribution in [0, 0.1) is 5.82 Å². The highest BCUT2D eigenvalue weighted by molar-refractivity contribution is 6.01. The van der Waals surface area contributed by atoms with Crippen molar-refractivity contribution in [1.29, 1.82) is 0 Å². The summed E-state index contributed by atoms with van der Waals surface area (Å²) in [5.41, 5.74) is 1.56. The van der Waals surface area contributed by atoms with Crippen LogP contribution in [0.2, 0.25) is 0 Å². The van der Waals surface area contributed by atoms with E-state index in [1.165, 1.54) is 12.1 Å². The molecule has 2 aliphatic heterocycles. The highest BCUT2D eigenvalue weighted by Gasteiger charge is 2.33. The molecular weight excluding hydrogens is 375 g/mol. The van der Waals surface area contributed by atoms with E-state index in [0.29, 0.717) is 42.7 Å². The lowest BCUT2D eigenvalue weighted by Gasteiger charge is -2.34. The summed E-state index contributed by atoms with van der Waals surface area (Å²) in [6, 6.07) is 7.37. The van der Waals surface area contributed by atoms with Crippen molar-refractivity contribution in [3.63, 3.8) is 0 Å². The molecule has 29 heavy (non-hydrogen) atoms. The van der Waals surface area contributed by atoms with Crippen molar-refractivity contribution in [2.75, 3.05) is 18.4 Å². The highest BCUT2D eigenvalue weighted by Crippen LogP contribution is 2.33. The number of likely N-dealkylation sites (tertiary alicyclic amines) is 1. The minimum Gasteiger partial charge on any atom is -0.353 e. The number of fused-ring (bicyclic) bond motifs is 1. The third-order valence-electron chi connectivity index (χ3n) is 5.43. The highest BCUT2D eigenvalue weighted by atomic mass is 19.1. The first kappa shape index (κ1) is 19.0. The number of nitrogens with zero attached hydrogens (tertiary/aromatic N) is 2. The quantitative estimate of drug-likeness (QED) is 0.831. The predicted molar refractivity (Wildman–Crippen MR) is 104 cm³/mol. The molecule has 0 aliphatic carbocycles. The van der Waals surface area contributed by atoms with Gasteiger partial charge in [0, 0.05) is 49.2 Å². The Balaban J connectivity index is 1.37. The lowest BCUT2D eigenvalue weighted by atomic mass is 9.89. The van der Waals surface area contributed by atoms with Crippen molar-refractivity contribution >= 4 is 23.4 Å². The fourth-order valence-electron chi connectivity index (χ4n) is 3.88. The molecule has 0 bridgehead atoms. The Kier molecular flexibility index (Phi) is 5.24. The number of pyridine rings is 1. The van der Waals surface area contributed by atoms with Crippen LogP contribution in [-0.4, -0.2) is 46.7 Å². The van der Waals surface area contributed by atoms with Gasteiger partial charge < -0.3 is 15.5 Å². The van der Waals surface area contributed by atoms with E-state index in [-0.39, 0.29) is 30.2 Å². The van der Waals surface area contributed by atoms with Crippen LogP contribution in [-0.2, 0) is 9.59 Å². The smallest absolute Gasteiger partial charge is 0.253 e. The molecule has 0 spiro atoms. The Bertz CT molecular complexity index is 942. The zero-order valence-electron chi connectivity index (χ0n) is 15.7. The second-order valence-electron chi connectivity index (χ2n) is 7.35. The number of hydrogen-bond acceptors (Lipinski definition) is 4. The number of anilines is 1. The van der Waals surface area contributed by atoms with Gasteiger partial charge in [-0.1, -0.05) is 6.07 Å². The van der Waals surface area contributed by atoms with Gasteiger partial charge in [-0.2, -0.15) is 0 Å². The van der Waals surface area contributed by atoms with Crippen LogP contribution in [0.5, 0.6) is 0 Å².